The van der Waals surface area contributed by atoms with Crippen molar-refractivity contribution in [2.75, 3.05) is 13.1 Å². The summed E-state index contributed by atoms with van der Waals surface area (Å²) in [5, 5.41) is 12.6. The van der Waals surface area contributed by atoms with Crippen molar-refractivity contribution in [2.45, 2.75) is 13.3 Å². The van der Waals surface area contributed by atoms with Gasteiger partial charge in [0.15, 0.2) is 0 Å². The van der Waals surface area contributed by atoms with Crippen LogP contribution in [-0.4, -0.2) is 34.8 Å². The first kappa shape index (κ1) is 14.3. The molecule has 4 nitrogen and oxygen atoms in total. The van der Waals surface area contributed by atoms with Gasteiger partial charge in [-0.2, -0.15) is 0 Å². The van der Waals surface area contributed by atoms with E-state index in [0.29, 0.717) is 30.1 Å². The van der Waals surface area contributed by atoms with Crippen LogP contribution in [0.3, 0.4) is 0 Å². The minimum atomic E-state index is -0.0490. The summed E-state index contributed by atoms with van der Waals surface area (Å²) >= 11 is 9.29. The minimum Gasteiger partial charge on any atom is -0.411 e. The van der Waals surface area contributed by atoms with Gasteiger partial charge in [0.05, 0.1) is 5.71 Å². The van der Waals surface area contributed by atoms with Crippen molar-refractivity contribution in [3.8, 4) is 0 Å². The third-order valence-corrected chi connectivity index (χ3v) is 3.90. The number of carbonyl (C=O) groups is 1. The number of benzene rings is 1. The lowest BCUT2D eigenvalue weighted by Gasteiger charge is -2.31. The highest BCUT2D eigenvalue weighted by Gasteiger charge is 2.26. The Hall–Kier alpha value is -1.07. The van der Waals surface area contributed by atoms with E-state index in [-0.39, 0.29) is 11.8 Å². The molecular weight excluding hydrogens is 332 g/mol. The summed E-state index contributed by atoms with van der Waals surface area (Å²) in [6.45, 7) is 3.07. The average molecular weight is 346 g/mol. The molecule has 19 heavy (non-hydrogen) atoms. The molecule has 1 aromatic rings. The smallest absolute Gasteiger partial charge is 0.253 e. The van der Waals surface area contributed by atoms with E-state index in [2.05, 4.69) is 21.1 Å². The molecule has 1 heterocycles. The van der Waals surface area contributed by atoms with Crippen molar-refractivity contribution in [1.82, 2.24) is 4.90 Å². The Kier molecular flexibility index (Phi) is 4.47. The highest BCUT2D eigenvalue weighted by atomic mass is 79.9. The Balaban J connectivity index is 2.16. The first-order valence-corrected chi connectivity index (χ1v) is 7.14. The van der Waals surface area contributed by atoms with Crippen LogP contribution in [0.5, 0.6) is 0 Å². The molecule has 0 aromatic heterocycles. The maximum absolute atomic E-state index is 12.4. The molecule has 0 aliphatic carbocycles. The molecule has 1 aromatic carbocycles. The Morgan fingerprint density at radius 3 is 2.84 bits per heavy atom. The van der Waals surface area contributed by atoms with Gasteiger partial charge in [0.2, 0.25) is 0 Å². The van der Waals surface area contributed by atoms with Crippen LogP contribution in [0, 0.1) is 5.92 Å². The number of carbonyl (C=O) groups excluding carboxylic acids is 1. The normalized spacial score (nSPS) is 21.7. The third kappa shape index (κ3) is 3.28. The van der Waals surface area contributed by atoms with Crippen molar-refractivity contribution < 1.29 is 10.0 Å². The van der Waals surface area contributed by atoms with Gasteiger partial charge in [-0.1, -0.05) is 39.6 Å². The summed E-state index contributed by atoms with van der Waals surface area (Å²) in [7, 11) is 0. The van der Waals surface area contributed by atoms with Gasteiger partial charge in [0.1, 0.15) is 0 Å². The fraction of sp³-hybridized carbons (Fsp3) is 0.385. The molecule has 0 radical (unpaired) electrons. The average Bonchev–Trinajstić information content (AvgIpc) is 2.36. The molecule has 0 saturated carbocycles. The first-order valence-electron chi connectivity index (χ1n) is 5.97. The molecule has 2 rings (SSSR count). The number of piperidine rings is 1. The number of likely N-dealkylation sites (tertiary alicyclic amines) is 1. The van der Waals surface area contributed by atoms with Gasteiger partial charge < -0.3 is 10.1 Å². The lowest BCUT2D eigenvalue weighted by Crippen LogP contribution is -2.43. The number of oxime groups is 1. The van der Waals surface area contributed by atoms with Crippen molar-refractivity contribution in [3.05, 3.63) is 33.3 Å². The molecule has 1 unspecified atom stereocenters. The summed E-state index contributed by atoms with van der Waals surface area (Å²) in [6.07, 6.45) is 0.602. The largest absolute Gasteiger partial charge is 0.411 e. The lowest BCUT2D eigenvalue weighted by atomic mass is 9.97. The van der Waals surface area contributed by atoms with Gasteiger partial charge in [-0.05, 0) is 18.2 Å². The molecule has 1 saturated heterocycles. The maximum atomic E-state index is 12.4. The second-order valence-electron chi connectivity index (χ2n) is 4.65. The standard InChI is InChI=1S/C13H14BrClN2O2/c1-8-7-17(3-2-12(8)16-19)13(18)9-4-10(14)6-11(15)5-9/h4-6,8,19H,2-3,7H2,1H3/b16-12+. The number of hydrogen-bond donors (Lipinski definition) is 1. The predicted molar refractivity (Wildman–Crippen MR) is 78.1 cm³/mol. The zero-order chi connectivity index (χ0) is 14.0. The monoisotopic (exact) mass is 344 g/mol. The molecule has 1 amide bonds. The molecule has 1 N–H and O–H groups in total. The van der Waals surface area contributed by atoms with Gasteiger partial charge in [-0.25, -0.2) is 0 Å². The quantitative estimate of drug-likeness (QED) is 0.626. The SMILES string of the molecule is CC1CN(C(=O)c2cc(Cl)cc(Br)c2)CC/C1=N\O. The number of nitrogens with zero attached hydrogens (tertiary/aromatic N) is 2. The first-order chi connectivity index (χ1) is 9.01. The van der Waals surface area contributed by atoms with Gasteiger partial charge in [0.25, 0.3) is 5.91 Å². The van der Waals surface area contributed by atoms with E-state index in [9.17, 15) is 4.79 Å². The molecule has 0 spiro atoms. The fourth-order valence-corrected chi connectivity index (χ4v) is 3.08. The van der Waals surface area contributed by atoms with Gasteiger partial charge >= 0.3 is 0 Å². The van der Waals surface area contributed by atoms with Crippen LogP contribution in [0.15, 0.2) is 27.8 Å². The van der Waals surface area contributed by atoms with E-state index in [0.717, 1.165) is 10.2 Å². The number of halogens is 2. The molecular formula is C13H14BrClN2O2. The Morgan fingerprint density at radius 2 is 2.26 bits per heavy atom. The Morgan fingerprint density at radius 1 is 1.53 bits per heavy atom. The summed E-state index contributed by atoms with van der Waals surface area (Å²) in [6, 6.07) is 5.16. The number of amides is 1. The van der Waals surface area contributed by atoms with Crippen LogP contribution in [0.2, 0.25) is 5.02 Å². The fourth-order valence-electron chi connectivity index (χ4n) is 2.22. The highest BCUT2D eigenvalue weighted by molar-refractivity contribution is 9.10. The molecule has 1 atom stereocenters. The van der Waals surface area contributed by atoms with Crippen molar-refractivity contribution in [1.29, 1.82) is 0 Å². The van der Waals surface area contributed by atoms with Crippen LogP contribution in [-0.2, 0) is 0 Å². The maximum Gasteiger partial charge on any atom is 0.253 e. The van der Waals surface area contributed by atoms with Gasteiger partial charge in [0, 0.05) is 40.5 Å². The summed E-state index contributed by atoms with van der Waals surface area (Å²) < 4.78 is 0.783. The van der Waals surface area contributed by atoms with Crippen LogP contribution < -0.4 is 0 Å². The second kappa shape index (κ2) is 5.92. The highest BCUT2D eigenvalue weighted by Crippen LogP contribution is 2.22. The minimum absolute atomic E-state index is 0.0490. The van der Waals surface area contributed by atoms with Crippen LogP contribution in [0.25, 0.3) is 0 Å². The van der Waals surface area contributed by atoms with Crippen LogP contribution in [0.1, 0.15) is 23.7 Å². The molecule has 6 heteroatoms. The summed E-state index contributed by atoms with van der Waals surface area (Å²) in [5.74, 6) is 0.0253. The third-order valence-electron chi connectivity index (χ3n) is 3.23. The van der Waals surface area contributed by atoms with E-state index in [1.807, 2.05) is 6.92 Å². The number of hydrogen-bond acceptors (Lipinski definition) is 3. The van der Waals surface area contributed by atoms with Crippen molar-refractivity contribution in [3.63, 3.8) is 0 Å². The second-order valence-corrected chi connectivity index (χ2v) is 6.00. The van der Waals surface area contributed by atoms with Gasteiger partial charge in [-0.3, -0.25) is 4.79 Å². The van der Waals surface area contributed by atoms with Crippen LogP contribution in [0.4, 0.5) is 0 Å². The Bertz CT molecular complexity index is 513. The molecule has 102 valence electrons. The topological polar surface area (TPSA) is 52.9 Å². The van der Waals surface area contributed by atoms with E-state index in [4.69, 9.17) is 16.8 Å². The van der Waals surface area contributed by atoms with Crippen LogP contribution >= 0.6 is 27.5 Å². The predicted octanol–water partition coefficient (Wildman–Crippen LogP) is 3.41. The van der Waals surface area contributed by atoms with Gasteiger partial charge in [-0.15, -0.1) is 0 Å². The van der Waals surface area contributed by atoms with Crippen molar-refractivity contribution in [2.24, 2.45) is 11.1 Å². The number of rotatable bonds is 1. The molecule has 1 fully saturated rings. The lowest BCUT2D eigenvalue weighted by molar-refractivity contribution is 0.0734. The van der Waals surface area contributed by atoms with E-state index in [1.54, 1.807) is 23.1 Å². The van der Waals surface area contributed by atoms with E-state index < -0.39 is 0 Å². The van der Waals surface area contributed by atoms with Crippen molar-refractivity contribution >= 4 is 39.1 Å². The molecule has 1 aliphatic rings. The summed E-state index contributed by atoms with van der Waals surface area (Å²) in [5.41, 5.74) is 1.31. The zero-order valence-corrected chi connectivity index (χ0v) is 12.8. The summed E-state index contributed by atoms with van der Waals surface area (Å²) in [4.78, 5) is 14.2. The molecule has 0 bridgehead atoms. The zero-order valence-electron chi connectivity index (χ0n) is 10.4. The van der Waals surface area contributed by atoms with E-state index >= 15 is 0 Å². The molecule has 1 aliphatic heterocycles. The Labute approximate surface area is 125 Å². The van der Waals surface area contributed by atoms with E-state index in [1.165, 1.54) is 0 Å².